The molecule has 0 unspecified atom stereocenters. The number of benzene rings is 2. The van der Waals surface area contributed by atoms with Crippen molar-refractivity contribution >= 4 is 5.97 Å². The van der Waals surface area contributed by atoms with Gasteiger partial charge in [0.1, 0.15) is 6.10 Å². The monoisotopic (exact) mass is 409 g/mol. The number of carbonyl (C=O) groups is 1. The lowest BCUT2D eigenvalue weighted by Gasteiger charge is -2.54. The topological polar surface area (TPSA) is 66.5 Å². The first-order valence-electron chi connectivity index (χ1n) is 10.2. The Morgan fingerprint density at radius 2 is 1.83 bits per heavy atom. The molecule has 0 saturated carbocycles. The van der Waals surface area contributed by atoms with E-state index in [1.165, 1.54) is 12.5 Å². The molecule has 0 spiro atoms. The third kappa shape index (κ3) is 2.27. The Labute approximate surface area is 174 Å². The average Bonchev–Trinajstić information content (AvgIpc) is 3.35. The van der Waals surface area contributed by atoms with Crippen LogP contribution in [0.1, 0.15) is 42.1 Å². The van der Waals surface area contributed by atoms with Crippen LogP contribution in [0.2, 0.25) is 0 Å². The quantitative estimate of drug-likeness (QED) is 0.671. The minimum absolute atomic E-state index is 0.00738. The van der Waals surface area contributed by atoms with Crippen molar-refractivity contribution in [3.63, 3.8) is 0 Å². The van der Waals surface area contributed by atoms with Gasteiger partial charge in [-0.15, -0.1) is 0 Å². The van der Waals surface area contributed by atoms with Crippen molar-refractivity contribution in [2.45, 2.75) is 44.4 Å². The Hall–Kier alpha value is -2.93. The molecule has 6 rings (SSSR count). The lowest BCUT2D eigenvalue weighted by Crippen LogP contribution is -2.56. The van der Waals surface area contributed by atoms with Crippen LogP contribution in [0.15, 0.2) is 24.3 Å². The highest BCUT2D eigenvalue weighted by Gasteiger charge is 2.55. The molecule has 0 amide bonds. The van der Waals surface area contributed by atoms with Crippen LogP contribution < -0.4 is 18.9 Å². The number of likely N-dealkylation sites (N-methyl/N-ethyl adjacent to an activating group) is 1. The maximum atomic E-state index is 12.1. The number of fused-ring (bicyclic) bond motifs is 8. The largest absolute Gasteiger partial charge is 0.461 e. The molecule has 3 atom stereocenters. The van der Waals surface area contributed by atoms with Crippen LogP contribution in [-0.4, -0.2) is 37.6 Å². The zero-order valence-corrected chi connectivity index (χ0v) is 17.2. The van der Waals surface area contributed by atoms with Gasteiger partial charge in [0.25, 0.3) is 0 Å². The van der Waals surface area contributed by atoms with E-state index in [1.54, 1.807) is 0 Å². The van der Waals surface area contributed by atoms with Gasteiger partial charge >= 0.3 is 5.97 Å². The van der Waals surface area contributed by atoms with E-state index in [-0.39, 0.29) is 31.7 Å². The molecule has 3 heterocycles. The van der Waals surface area contributed by atoms with E-state index in [2.05, 4.69) is 31.0 Å². The normalized spacial score (nSPS) is 27.8. The molecule has 0 bridgehead atoms. The summed E-state index contributed by atoms with van der Waals surface area (Å²) in [7, 11) is 2.10. The summed E-state index contributed by atoms with van der Waals surface area (Å²) < 4.78 is 28.7. The molecule has 0 radical (unpaired) electrons. The van der Waals surface area contributed by atoms with Crippen LogP contribution >= 0.6 is 0 Å². The predicted molar refractivity (Wildman–Crippen MR) is 106 cm³/mol. The molecule has 0 aromatic heterocycles. The fourth-order valence-electron chi connectivity index (χ4n) is 5.75. The second kappa shape index (κ2) is 6.04. The molecule has 0 saturated heterocycles. The van der Waals surface area contributed by atoms with Gasteiger partial charge < -0.3 is 23.7 Å². The standard InChI is InChI=1S/C23H23NO6/c1-12(25)30-20-7-13-6-18-19(28-10-27-18)8-14(13)22-23(20,2)16-4-5-17-21(29-11-26-17)15(16)9-24(22)3/h4-6,8,20,22H,7,9-11H2,1-3H3/t20-,22-,23-/m1/s1. The zero-order chi connectivity index (χ0) is 20.6. The van der Waals surface area contributed by atoms with Crippen LogP contribution in [0.4, 0.5) is 0 Å². The molecule has 7 nitrogen and oxygen atoms in total. The summed E-state index contributed by atoms with van der Waals surface area (Å²) in [5.41, 5.74) is 4.10. The van der Waals surface area contributed by atoms with E-state index >= 15 is 0 Å². The van der Waals surface area contributed by atoms with Crippen molar-refractivity contribution in [1.29, 1.82) is 0 Å². The third-order valence-corrected chi connectivity index (χ3v) is 6.95. The van der Waals surface area contributed by atoms with Crippen LogP contribution in [0.25, 0.3) is 0 Å². The molecule has 3 aliphatic heterocycles. The van der Waals surface area contributed by atoms with Crippen molar-refractivity contribution < 1.29 is 28.5 Å². The highest BCUT2D eigenvalue weighted by atomic mass is 16.7. The van der Waals surface area contributed by atoms with E-state index in [0.29, 0.717) is 13.0 Å². The number of rotatable bonds is 1. The molecule has 1 aliphatic carbocycles. The minimum Gasteiger partial charge on any atom is -0.461 e. The number of hydrogen-bond donors (Lipinski definition) is 0. The first-order chi connectivity index (χ1) is 14.5. The highest BCUT2D eigenvalue weighted by Crippen LogP contribution is 2.57. The number of carbonyl (C=O) groups excluding carboxylic acids is 1. The fraction of sp³-hybridized carbons (Fsp3) is 0.435. The van der Waals surface area contributed by atoms with Crippen LogP contribution in [-0.2, 0) is 27.9 Å². The first kappa shape index (κ1) is 17.9. The predicted octanol–water partition coefficient (Wildman–Crippen LogP) is 3.08. The van der Waals surface area contributed by atoms with Gasteiger partial charge in [0.05, 0.1) is 5.41 Å². The summed E-state index contributed by atoms with van der Waals surface area (Å²) in [6.07, 6.45) is 0.287. The van der Waals surface area contributed by atoms with Crippen molar-refractivity contribution in [2.24, 2.45) is 0 Å². The molecule has 0 fully saturated rings. The molecule has 0 N–H and O–H groups in total. The van der Waals surface area contributed by atoms with Crippen molar-refractivity contribution in [3.05, 3.63) is 46.5 Å². The number of hydrogen-bond acceptors (Lipinski definition) is 7. The number of nitrogens with zero attached hydrogens (tertiary/aromatic N) is 1. The molecular formula is C23H23NO6. The highest BCUT2D eigenvalue weighted by molar-refractivity contribution is 5.67. The SMILES string of the molecule is CC(=O)O[C@@H]1Cc2cc3c(cc2[C@H]2N(C)Cc4c(ccc5c4OCO5)[C@]12C)OCO3. The lowest BCUT2D eigenvalue weighted by atomic mass is 9.60. The Morgan fingerprint density at radius 1 is 1.10 bits per heavy atom. The van der Waals surface area contributed by atoms with Gasteiger partial charge in [-0.05, 0) is 41.9 Å². The Morgan fingerprint density at radius 3 is 2.63 bits per heavy atom. The fourth-order valence-corrected chi connectivity index (χ4v) is 5.75. The van der Waals surface area contributed by atoms with Gasteiger partial charge in [0.2, 0.25) is 13.6 Å². The summed E-state index contributed by atoms with van der Waals surface area (Å²) in [5, 5.41) is 0. The van der Waals surface area contributed by atoms with E-state index in [9.17, 15) is 4.79 Å². The summed E-state index contributed by atoms with van der Waals surface area (Å²) in [6.45, 7) is 4.84. The molecule has 2 aromatic rings. The maximum absolute atomic E-state index is 12.1. The van der Waals surface area contributed by atoms with E-state index in [1.807, 2.05) is 12.1 Å². The van der Waals surface area contributed by atoms with E-state index in [4.69, 9.17) is 23.7 Å². The van der Waals surface area contributed by atoms with Crippen molar-refractivity contribution in [1.82, 2.24) is 4.90 Å². The second-order valence-corrected chi connectivity index (χ2v) is 8.63. The molecular weight excluding hydrogens is 386 g/mol. The van der Waals surface area contributed by atoms with Gasteiger partial charge in [0.15, 0.2) is 23.0 Å². The second-order valence-electron chi connectivity index (χ2n) is 8.63. The Bertz CT molecular complexity index is 1080. The van der Waals surface area contributed by atoms with Crippen LogP contribution in [0, 0.1) is 0 Å². The lowest BCUT2D eigenvalue weighted by molar-refractivity contribution is -0.153. The summed E-state index contributed by atoms with van der Waals surface area (Å²) >= 11 is 0. The van der Waals surface area contributed by atoms with Crippen molar-refractivity contribution in [3.8, 4) is 23.0 Å². The average molecular weight is 409 g/mol. The molecule has 7 heteroatoms. The molecule has 2 aromatic carbocycles. The molecule has 30 heavy (non-hydrogen) atoms. The summed E-state index contributed by atoms with van der Waals surface area (Å²) in [4.78, 5) is 14.4. The summed E-state index contributed by atoms with van der Waals surface area (Å²) in [6, 6.07) is 8.22. The van der Waals surface area contributed by atoms with E-state index < -0.39 is 5.41 Å². The maximum Gasteiger partial charge on any atom is 0.302 e. The smallest absolute Gasteiger partial charge is 0.302 e. The van der Waals surface area contributed by atoms with Gasteiger partial charge in [-0.25, -0.2) is 0 Å². The van der Waals surface area contributed by atoms with E-state index in [0.717, 1.165) is 39.7 Å². The minimum atomic E-state index is -0.463. The Balaban J connectivity index is 1.59. The van der Waals surface area contributed by atoms with Crippen molar-refractivity contribution in [2.75, 3.05) is 20.6 Å². The van der Waals surface area contributed by atoms with Gasteiger partial charge in [-0.1, -0.05) is 13.0 Å². The number of ether oxygens (including phenoxy) is 5. The zero-order valence-electron chi connectivity index (χ0n) is 17.2. The van der Waals surface area contributed by atoms with Crippen LogP contribution in [0.5, 0.6) is 23.0 Å². The van der Waals surface area contributed by atoms with Crippen LogP contribution in [0.3, 0.4) is 0 Å². The molecule has 156 valence electrons. The third-order valence-electron chi connectivity index (χ3n) is 6.95. The van der Waals surface area contributed by atoms with Gasteiger partial charge in [0, 0.05) is 31.5 Å². The number of esters is 1. The summed E-state index contributed by atoms with van der Waals surface area (Å²) in [5.74, 6) is 2.82. The van der Waals surface area contributed by atoms with Gasteiger partial charge in [-0.2, -0.15) is 0 Å². The van der Waals surface area contributed by atoms with Gasteiger partial charge in [-0.3, -0.25) is 9.69 Å². The Kier molecular flexibility index (Phi) is 3.60. The first-order valence-corrected chi connectivity index (χ1v) is 10.2. The molecule has 4 aliphatic rings.